The standard InChI is InChI=1S/C29H37N3O3.ClH/c1-22-10-9-13-26(30-22)31-27(33)21-32-18-14-23(15-19-32)25(20-32)35-28(34)29(16-7-2-3-8-17-29)24-11-5-4-6-12-24;/h4-6,9-13,23,25H,2-3,7-8,14-21H2,1H3;1H/t23?,25-,32?;/m0./s1. The van der Waals surface area contributed by atoms with Crippen LogP contribution in [0.5, 0.6) is 0 Å². The van der Waals surface area contributed by atoms with Gasteiger partial charge in [0.2, 0.25) is 0 Å². The van der Waals surface area contributed by atoms with Crippen LogP contribution in [0, 0.1) is 12.8 Å². The number of hydrogen-bond donors (Lipinski definition) is 1. The fourth-order valence-electron chi connectivity index (χ4n) is 6.63. The second-order valence-corrected chi connectivity index (χ2v) is 11.0. The van der Waals surface area contributed by atoms with E-state index in [0.717, 1.165) is 69.4 Å². The Labute approximate surface area is 220 Å². The van der Waals surface area contributed by atoms with Crippen molar-refractivity contribution in [1.82, 2.24) is 4.98 Å². The molecule has 0 unspecified atom stereocenters. The van der Waals surface area contributed by atoms with Crippen molar-refractivity contribution in [2.24, 2.45) is 5.92 Å². The Hall–Kier alpha value is -2.44. The number of aromatic nitrogens is 1. The fourth-order valence-corrected chi connectivity index (χ4v) is 6.63. The maximum Gasteiger partial charge on any atom is 0.317 e. The number of nitrogens with zero attached hydrogens (tertiary/aromatic N) is 2. The molecule has 4 fully saturated rings. The van der Waals surface area contributed by atoms with E-state index in [9.17, 15) is 9.59 Å². The van der Waals surface area contributed by atoms with Crippen molar-refractivity contribution < 1.29 is 31.2 Å². The molecule has 2 bridgehead atoms. The van der Waals surface area contributed by atoms with E-state index in [4.69, 9.17) is 4.74 Å². The molecule has 1 amide bonds. The van der Waals surface area contributed by atoms with Gasteiger partial charge in [0.1, 0.15) is 12.4 Å². The quantitative estimate of drug-likeness (QED) is 0.365. The molecule has 1 atom stereocenters. The Morgan fingerprint density at radius 3 is 2.36 bits per heavy atom. The number of carbonyl (C=O) groups is 2. The van der Waals surface area contributed by atoms with Gasteiger partial charge in [-0.3, -0.25) is 9.59 Å². The SMILES string of the molecule is Cc1cccc(NC(=O)C[N+]23CCC(CC2)[C@@H](OC(=O)C2(c4ccccc4)CCCCCC2)C3)n1.[Cl-]. The lowest BCUT2D eigenvalue weighted by Crippen LogP contribution is -3.00. The number of carbonyl (C=O) groups excluding carboxylic acids is 2. The summed E-state index contributed by atoms with van der Waals surface area (Å²) in [5.41, 5.74) is 1.44. The van der Waals surface area contributed by atoms with Crippen molar-refractivity contribution in [2.75, 3.05) is 31.5 Å². The number of ether oxygens (including phenoxy) is 1. The Kier molecular flexibility index (Phi) is 8.36. The summed E-state index contributed by atoms with van der Waals surface area (Å²) in [6, 6.07) is 15.9. The summed E-state index contributed by atoms with van der Waals surface area (Å²) in [6.45, 7) is 4.99. The molecular weight excluding hydrogens is 474 g/mol. The van der Waals surface area contributed by atoms with Gasteiger partial charge in [0, 0.05) is 24.5 Å². The maximum absolute atomic E-state index is 13.9. The van der Waals surface area contributed by atoms with Crippen molar-refractivity contribution in [2.45, 2.75) is 69.8 Å². The van der Waals surface area contributed by atoms with Crippen LogP contribution in [0.3, 0.4) is 0 Å². The van der Waals surface area contributed by atoms with E-state index in [1.54, 1.807) is 0 Å². The number of anilines is 1. The normalized spacial score (nSPS) is 26.8. The predicted octanol–water partition coefficient (Wildman–Crippen LogP) is 1.78. The van der Waals surface area contributed by atoms with Crippen LogP contribution >= 0.6 is 0 Å². The number of nitrogens with one attached hydrogen (secondary N) is 1. The van der Waals surface area contributed by atoms with Crippen LogP contribution in [0.2, 0.25) is 0 Å². The number of halogens is 1. The monoisotopic (exact) mass is 511 g/mol. The third-order valence-electron chi connectivity index (χ3n) is 8.61. The van der Waals surface area contributed by atoms with Crippen LogP contribution in [-0.4, -0.2) is 53.6 Å². The average Bonchev–Trinajstić information content (AvgIpc) is 3.12. The number of amides is 1. The largest absolute Gasteiger partial charge is 1.00 e. The van der Waals surface area contributed by atoms with E-state index >= 15 is 0 Å². The highest BCUT2D eigenvalue weighted by molar-refractivity contribution is 5.90. The number of aryl methyl sites for hydroxylation is 1. The van der Waals surface area contributed by atoms with Gasteiger partial charge < -0.3 is 26.9 Å². The molecule has 36 heavy (non-hydrogen) atoms. The first-order valence-electron chi connectivity index (χ1n) is 13.3. The number of esters is 1. The number of quaternary nitrogens is 1. The van der Waals surface area contributed by atoms with E-state index in [2.05, 4.69) is 22.4 Å². The fraction of sp³-hybridized carbons (Fsp3) is 0.552. The van der Waals surface area contributed by atoms with Gasteiger partial charge in [0.05, 0.1) is 18.5 Å². The topological polar surface area (TPSA) is 68.3 Å². The van der Waals surface area contributed by atoms with Crippen molar-refractivity contribution in [3.63, 3.8) is 0 Å². The van der Waals surface area contributed by atoms with Crippen LogP contribution in [0.1, 0.15) is 62.6 Å². The van der Waals surface area contributed by atoms with Gasteiger partial charge in [-0.15, -0.1) is 0 Å². The van der Waals surface area contributed by atoms with Crippen molar-refractivity contribution in [3.05, 3.63) is 59.8 Å². The highest BCUT2D eigenvalue weighted by Crippen LogP contribution is 2.42. The molecule has 6 nitrogen and oxygen atoms in total. The van der Waals surface area contributed by atoms with Crippen molar-refractivity contribution in [1.29, 1.82) is 0 Å². The van der Waals surface area contributed by atoms with E-state index < -0.39 is 5.41 Å². The maximum atomic E-state index is 13.9. The van der Waals surface area contributed by atoms with Crippen LogP contribution in [0.25, 0.3) is 0 Å². The first kappa shape index (κ1) is 26.6. The smallest absolute Gasteiger partial charge is 0.317 e. The van der Waals surface area contributed by atoms with E-state index in [0.29, 0.717) is 22.8 Å². The molecule has 4 heterocycles. The molecule has 1 saturated carbocycles. The summed E-state index contributed by atoms with van der Waals surface area (Å²) >= 11 is 0. The molecule has 2 aromatic rings. The van der Waals surface area contributed by atoms with Crippen LogP contribution in [-0.2, 0) is 19.7 Å². The molecule has 1 aromatic heterocycles. The number of piperidine rings is 3. The minimum Gasteiger partial charge on any atom is -1.00 e. The number of benzene rings is 1. The first-order valence-corrected chi connectivity index (χ1v) is 13.3. The van der Waals surface area contributed by atoms with Crippen molar-refractivity contribution >= 4 is 17.7 Å². The van der Waals surface area contributed by atoms with Gasteiger partial charge in [-0.2, -0.15) is 0 Å². The zero-order valence-corrected chi connectivity index (χ0v) is 22.0. The summed E-state index contributed by atoms with van der Waals surface area (Å²) in [4.78, 5) is 31.3. The molecule has 6 rings (SSSR count). The second-order valence-electron chi connectivity index (χ2n) is 11.0. The number of fused-ring (bicyclic) bond motifs is 3. The lowest BCUT2D eigenvalue weighted by Gasteiger charge is -2.52. The Balaban J connectivity index is 0.00000304. The molecule has 3 saturated heterocycles. The van der Waals surface area contributed by atoms with Gasteiger partial charge in [-0.1, -0.05) is 62.1 Å². The second kappa shape index (κ2) is 11.3. The molecule has 1 aromatic carbocycles. The minimum absolute atomic E-state index is 0. The lowest BCUT2D eigenvalue weighted by atomic mass is 9.74. The molecule has 0 spiro atoms. The molecule has 194 valence electrons. The zero-order chi connectivity index (χ0) is 24.3. The van der Waals surface area contributed by atoms with Crippen LogP contribution in [0.4, 0.5) is 5.82 Å². The van der Waals surface area contributed by atoms with Gasteiger partial charge in [-0.05, 0) is 37.5 Å². The third-order valence-corrected chi connectivity index (χ3v) is 8.61. The van der Waals surface area contributed by atoms with Crippen molar-refractivity contribution in [3.8, 4) is 0 Å². The number of rotatable bonds is 6. The molecule has 0 radical (unpaired) electrons. The van der Waals surface area contributed by atoms with E-state index in [1.807, 2.05) is 43.3 Å². The Bertz CT molecular complexity index is 1040. The minimum atomic E-state index is -0.539. The predicted molar refractivity (Wildman–Crippen MR) is 136 cm³/mol. The molecule has 1 aliphatic carbocycles. The Morgan fingerprint density at radius 1 is 1.00 bits per heavy atom. The summed E-state index contributed by atoms with van der Waals surface area (Å²) in [6.07, 6.45) is 8.10. The van der Waals surface area contributed by atoms with E-state index in [-0.39, 0.29) is 30.4 Å². The van der Waals surface area contributed by atoms with Gasteiger partial charge >= 0.3 is 5.97 Å². The van der Waals surface area contributed by atoms with E-state index in [1.165, 1.54) is 12.8 Å². The number of hydrogen-bond acceptors (Lipinski definition) is 4. The highest BCUT2D eigenvalue weighted by atomic mass is 35.5. The molecular formula is C29H38ClN3O3. The zero-order valence-electron chi connectivity index (χ0n) is 21.3. The molecule has 4 aliphatic rings. The summed E-state index contributed by atoms with van der Waals surface area (Å²) in [7, 11) is 0. The van der Waals surface area contributed by atoms with Gasteiger partial charge in [-0.25, -0.2) is 4.98 Å². The number of pyridine rings is 1. The van der Waals surface area contributed by atoms with Crippen LogP contribution in [0.15, 0.2) is 48.5 Å². The van der Waals surface area contributed by atoms with Crippen LogP contribution < -0.4 is 17.7 Å². The van der Waals surface area contributed by atoms with Gasteiger partial charge in [0.25, 0.3) is 5.91 Å². The summed E-state index contributed by atoms with van der Waals surface area (Å²) < 4.78 is 7.12. The molecule has 1 N–H and O–H groups in total. The Morgan fingerprint density at radius 2 is 1.69 bits per heavy atom. The summed E-state index contributed by atoms with van der Waals surface area (Å²) in [5.74, 6) is 0.939. The average molecular weight is 512 g/mol. The third kappa shape index (κ3) is 5.60. The molecule has 3 aliphatic heterocycles. The first-order chi connectivity index (χ1) is 17.0. The molecule has 7 heteroatoms. The van der Waals surface area contributed by atoms with Gasteiger partial charge in [0.15, 0.2) is 12.6 Å². The lowest BCUT2D eigenvalue weighted by molar-refractivity contribution is -0.939. The summed E-state index contributed by atoms with van der Waals surface area (Å²) in [5, 5.41) is 2.97. The highest BCUT2D eigenvalue weighted by Gasteiger charge is 2.51.